The Morgan fingerprint density at radius 1 is 0.850 bits per heavy atom. The summed E-state index contributed by atoms with van der Waals surface area (Å²) in [6.45, 7) is 3.42. The predicted octanol–water partition coefficient (Wildman–Crippen LogP) is 5.12. The first kappa shape index (κ1) is 14.9. The van der Waals surface area contributed by atoms with Crippen LogP contribution in [0.25, 0.3) is 0 Å². The van der Waals surface area contributed by atoms with Gasteiger partial charge in [0.05, 0.1) is 10.6 Å². The molecule has 0 radical (unpaired) electrons. The molecule has 20 heavy (non-hydrogen) atoms. The molecule has 104 valence electrons. The number of aryl methyl sites for hydroxylation is 2. The second kappa shape index (κ2) is 5.51. The smallest absolute Gasteiger partial charge is 0.196 e. The Hall–Kier alpha value is -1.45. The fraction of sp³-hybridized carbons (Fsp3) is 0.133. The molecule has 0 aromatic heterocycles. The fourth-order valence-corrected chi connectivity index (χ4v) is 2.24. The Morgan fingerprint density at radius 2 is 1.50 bits per heavy atom. The minimum Gasteiger partial charge on any atom is -0.288 e. The first-order valence-corrected chi connectivity index (χ1v) is 6.53. The highest BCUT2D eigenvalue weighted by molar-refractivity contribution is 6.32. The number of ketones is 1. The van der Waals surface area contributed by atoms with Crippen LogP contribution in [-0.4, -0.2) is 5.78 Å². The van der Waals surface area contributed by atoms with Crippen molar-refractivity contribution in [2.45, 2.75) is 13.8 Å². The van der Waals surface area contributed by atoms with Crippen molar-refractivity contribution in [3.8, 4) is 0 Å². The Labute approximate surface area is 125 Å². The van der Waals surface area contributed by atoms with E-state index < -0.39 is 17.4 Å². The van der Waals surface area contributed by atoms with Gasteiger partial charge in [0.2, 0.25) is 0 Å². The van der Waals surface area contributed by atoms with Crippen LogP contribution in [0.15, 0.2) is 24.3 Å². The van der Waals surface area contributed by atoms with Crippen LogP contribution >= 0.6 is 23.2 Å². The molecule has 0 saturated heterocycles. The van der Waals surface area contributed by atoms with Crippen molar-refractivity contribution in [1.29, 1.82) is 0 Å². The molecule has 0 N–H and O–H groups in total. The molecule has 0 heterocycles. The summed E-state index contributed by atoms with van der Waals surface area (Å²) >= 11 is 11.4. The number of halogens is 4. The Morgan fingerprint density at radius 3 is 2.15 bits per heavy atom. The summed E-state index contributed by atoms with van der Waals surface area (Å²) < 4.78 is 27.2. The molecule has 0 spiro atoms. The van der Waals surface area contributed by atoms with Gasteiger partial charge in [-0.1, -0.05) is 23.2 Å². The molecule has 0 unspecified atom stereocenters. The van der Waals surface area contributed by atoms with Crippen molar-refractivity contribution in [1.82, 2.24) is 0 Å². The SMILES string of the molecule is Cc1cc(C(=O)c2cc(F)c(Cl)cc2F)c(C)cc1Cl. The first-order valence-electron chi connectivity index (χ1n) is 5.77. The minimum absolute atomic E-state index is 0.285. The molecule has 0 bridgehead atoms. The Balaban J connectivity index is 2.57. The number of hydrogen-bond acceptors (Lipinski definition) is 1. The lowest BCUT2D eigenvalue weighted by atomic mass is 9.97. The average molecular weight is 315 g/mol. The van der Waals surface area contributed by atoms with Gasteiger partial charge in [0.25, 0.3) is 0 Å². The molecule has 0 aliphatic rings. The third kappa shape index (κ3) is 2.69. The number of carbonyl (C=O) groups excluding carboxylic acids is 1. The van der Waals surface area contributed by atoms with E-state index in [1.54, 1.807) is 26.0 Å². The van der Waals surface area contributed by atoms with Crippen molar-refractivity contribution in [3.05, 3.63) is 68.2 Å². The van der Waals surface area contributed by atoms with Gasteiger partial charge in [0, 0.05) is 10.6 Å². The highest BCUT2D eigenvalue weighted by atomic mass is 35.5. The zero-order valence-electron chi connectivity index (χ0n) is 10.7. The van der Waals surface area contributed by atoms with Crippen molar-refractivity contribution in [2.24, 2.45) is 0 Å². The highest BCUT2D eigenvalue weighted by Gasteiger charge is 2.19. The van der Waals surface area contributed by atoms with Crippen LogP contribution in [-0.2, 0) is 0 Å². The molecule has 0 fully saturated rings. The van der Waals surface area contributed by atoms with Gasteiger partial charge >= 0.3 is 0 Å². The van der Waals surface area contributed by atoms with E-state index in [2.05, 4.69) is 0 Å². The maximum absolute atomic E-state index is 13.8. The van der Waals surface area contributed by atoms with Gasteiger partial charge in [-0.2, -0.15) is 0 Å². The van der Waals surface area contributed by atoms with E-state index in [-0.39, 0.29) is 16.1 Å². The van der Waals surface area contributed by atoms with E-state index in [1.165, 1.54) is 0 Å². The Bertz CT molecular complexity index is 652. The lowest BCUT2D eigenvalue weighted by molar-refractivity contribution is 0.103. The zero-order chi connectivity index (χ0) is 15.0. The van der Waals surface area contributed by atoms with E-state index in [4.69, 9.17) is 23.2 Å². The summed E-state index contributed by atoms with van der Waals surface area (Å²) in [5.74, 6) is -2.29. The van der Waals surface area contributed by atoms with E-state index in [1.807, 2.05) is 0 Å². The van der Waals surface area contributed by atoms with Crippen molar-refractivity contribution in [3.63, 3.8) is 0 Å². The van der Waals surface area contributed by atoms with Crippen LogP contribution in [0.1, 0.15) is 27.0 Å². The van der Waals surface area contributed by atoms with Crippen molar-refractivity contribution >= 4 is 29.0 Å². The van der Waals surface area contributed by atoms with Gasteiger partial charge in [0.15, 0.2) is 5.78 Å². The molecule has 2 rings (SSSR count). The summed E-state index contributed by atoms with van der Waals surface area (Å²) in [5, 5.41) is 0.157. The summed E-state index contributed by atoms with van der Waals surface area (Å²) in [5.41, 5.74) is 1.22. The van der Waals surface area contributed by atoms with Crippen LogP contribution in [0.2, 0.25) is 10.0 Å². The molecule has 5 heteroatoms. The Kier molecular flexibility index (Phi) is 4.11. The summed E-state index contributed by atoms with van der Waals surface area (Å²) in [6, 6.07) is 4.78. The summed E-state index contributed by atoms with van der Waals surface area (Å²) in [7, 11) is 0. The molecular formula is C15H10Cl2F2O. The molecule has 0 atom stereocenters. The quantitative estimate of drug-likeness (QED) is 0.555. The molecular weight excluding hydrogens is 305 g/mol. The fourth-order valence-electron chi connectivity index (χ4n) is 1.87. The van der Waals surface area contributed by atoms with Crippen LogP contribution in [0.3, 0.4) is 0 Å². The monoisotopic (exact) mass is 314 g/mol. The minimum atomic E-state index is -0.853. The first-order chi connectivity index (χ1) is 9.31. The number of carbonyl (C=O) groups is 1. The van der Waals surface area contributed by atoms with E-state index in [0.29, 0.717) is 16.1 Å². The zero-order valence-corrected chi connectivity index (χ0v) is 12.2. The third-order valence-corrected chi connectivity index (χ3v) is 3.70. The topological polar surface area (TPSA) is 17.1 Å². The maximum atomic E-state index is 13.8. The van der Waals surface area contributed by atoms with Gasteiger partial charge in [-0.15, -0.1) is 0 Å². The van der Waals surface area contributed by atoms with E-state index in [9.17, 15) is 13.6 Å². The molecule has 2 aromatic rings. The van der Waals surface area contributed by atoms with Crippen LogP contribution < -0.4 is 0 Å². The van der Waals surface area contributed by atoms with Crippen LogP contribution in [0.4, 0.5) is 8.78 Å². The maximum Gasteiger partial charge on any atom is 0.196 e. The van der Waals surface area contributed by atoms with Gasteiger partial charge in [-0.05, 0) is 49.2 Å². The average Bonchev–Trinajstić information content (AvgIpc) is 2.37. The van der Waals surface area contributed by atoms with Crippen molar-refractivity contribution < 1.29 is 13.6 Å². The van der Waals surface area contributed by atoms with Crippen molar-refractivity contribution in [2.75, 3.05) is 0 Å². The number of hydrogen-bond donors (Lipinski definition) is 0. The van der Waals surface area contributed by atoms with Crippen LogP contribution in [0, 0.1) is 25.5 Å². The largest absolute Gasteiger partial charge is 0.288 e. The standard InChI is InChI=1S/C15H10Cl2F2O/c1-7-4-11(16)8(2)3-9(7)15(20)10-5-14(19)12(17)6-13(10)18/h3-6H,1-2H3. The number of rotatable bonds is 2. The lowest BCUT2D eigenvalue weighted by Gasteiger charge is -2.09. The molecule has 1 nitrogen and oxygen atoms in total. The molecule has 0 aliphatic carbocycles. The second-order valence-corrected chi connectivity index (χ2v) is 5.31. The molecule has 0 amide bonds. The van der Waals surface area contributed by atoms with Gasteiger partial charge in [-0.25, -0.2) is 8.78 Å². The van der Waals surface area contributed by atoms with E-state index in [0.717, 1.165) is 12.1 Å². The van der Waals surface area contributed by atoms with Gasteiger partial charge in [-0.3, -0.25) is 4.79 Å². The molecule has 2 aromatic carbocycles. The van der Waals surface area contributed by atoms with E-state index >= 15 is 0 Å². The second-order valence-electron chi connectivity index (χ2n) is 4.49. The van der Waals surface area contributed by atoms with Gasteiger partial charge in [0.1, 0.15) is 11.6 Å². The normalized spacial score (nSPS) is 10.7. The summed E-state index contributed by atoms with van der Waals surface area (Å²) in [6.07, 6.45) is 0. The molecule has 0 saturated carbocycles. The van der Waals surface area contributed by atoms with Gasteiger partial charge < -0.3 is 0 Å². The third-order valence-electron chi connectivity index (χ3n) is 3.00. The lowest BCUT2D eigenvalue weighted by Crippen LogP contribution is -2.08. The molecule has 0 aliphatic heterocycles. The predicted molar refractivity (Wildman–Crippen MR) is 75.7 cm³/mol. The number of benzene rings is 2. The highest BCUT2D eigenvalue weighted by Crippen LogP contribution is 2.25. The summed E-state index contributed by atoms with van der Waals surface area (Å²) in [4.78, 5) is 12.3. The van der Waals surface area contributed by atoms with Crippen LogP contribution in [0.5, 0.6) is 0 Å².